The van der Waals surface area contributed by atoms with Crippen LogP contribution in [0.25, 0.3) is 0 Å². The summed E-state index contributed by atoms with van der Waals surface area (Å²) in [5.74, 6) is 0. The average Bonchev–Trinajstić information content (AvgIpc) is 2.69. The second kappa shape index (κ2) is 7.87. The summed E-state index contributed by atoms with van der Waals surface area (Å²) in [5.41, 5.74) is 1.57. The van der Waals surface area contributed by atoms with Crippen LogP contribution in [0.3, 0.4) is 0 Å². The molecule has 0 atom stereocenters. The molecular weight excluding hydrogens is 394 g/mol. The Bertz CT molecular complexity index is 1190. The molecule has 0 aliphatic rings. The molecule has 1 N–H and O–H groups in total. The van der Waals surface area contributed by atoms with Gasteiger partial charge in [-0.1, -0.05) is 48.5 Å². The zero-order chi connectivity index (χ0) is 20.4. The number of nitrogens with one attached hydrogen (secondary N) is 1. The maximum Gasteiger partial charge on any atom is 0.241 e. The molecule has 3 rings (SSSR count). The number of sulfonamides is 1. The molecule has 0 fully saturated rings. The highest BCUT2D eigenvalue weighted by molar-refractivity contribution is 7.92. The van der Waals surface area contributed by atoms with Crippen molar-refractivity contribution in [2.75, 3.05) is 0 Å². The Kier molecular flexibility index (Phi) is 5.69. The fraction of sp³-hybridized carbons (Fsp3) is 0.143. The van der Waals surface area contributed by atoms with Crippen LogP contribution in [0.2, 0.25) is 0 Å². The number of aryl methyl sites for hydroxylation is 1. The highest BCUT2D eigenvalue weighted by atomic mass is 32.2. The van der Waals surface area contributed by atoms with Crippen LogP contribution in [0, 0.1) is 13.8 Å². The van der Waals surface area contributed by atoms with Crippen molar-refractivity contribution >= 4 is 19.9 Å². The fourth-order valence-corrected chi connectivity index (χ4v) is 5.98. The summed E-state index contributed by atoms with van der Waals surface area (Å²) in [6, 6.07) is 20.1. The Morgan fingerprint density at radius 3 is 1.89 bits per heavy atom. The number of benzene rings is 3. The van der Waals surface area contributed by atoms with Crippen LogP contribution < -0.4 is 4.72 Å². The maximum atomic E-state index is 13.1. The van der Waals surface area contributed by atoms with E-state index in [2.05, 4.69) is 4.72 Å². The fourth-order valence-electron chi connectivity index (χ4n) is 2.93. The van der Waals surface area contributed by atoms with Gasteiger partial charge in [0.2, 0.25) is 19.9 Å². The Morgan fingerprint density at radius 1 is 0.750 bits per heavy atom. The van der Waals surface area contributed by atoms with Crippen molar-refractivity contribution < 1.29 is 16.8 Å². The predicted molar refractivity (Wildman–Crippen MR) is 108 cm³/mol. The van der Waals surface area contributed by atoms with Crippen LogP contribution in [-0.4, -0.2) is 16.8 Å². The largest absolute Gasteiger partial charge is 0.241 e. The van der Waals surface area contributed by atoms with Crippen molar-refractivity contribution in [1.29, 1.82) is 0 Å². The molecule has 0 amide bonds. The second-order valence-electron chi connectivity index (χ2n) is 6.51. The monoisotopic (exact) mass is 415 g/mol. The highest BCUT2D eigenvalue weighted by Gasteiger charge is 2.26. The molecule has 146 valence electrons. The third-order valence-corrected chi connectivity index (χ3v) is 7.82. The molecule has 0 aliphatic heterocycles. The van der Waals surface area contributed by atoms with E-state index in [4.69, 9.17) is 0 Å². The lowest BCUT2D eigenvalue weighted by molar-refractivity contribution is 0.579. The van der Waals surface area contributed by atoms with Crippen LogP contribution in [0.15, 0.2) is 87.5 Å². The molecule has 0 radical (unpaired) electrons. The standard InChI is InChI=1S/C21H21NO4S2/c1-16-13-20(27(23,24)19-11-7-4-8-12-19)17(2)21(14-16)28(25,26)22-15-18-9-5-3-6-10-18/h3-14,22H,15H2,1-2H3. The molecule has 28 heavy (non-hydrogen) atoms. The molecule has 0 saturated carbocycles. The first-order valence-corrected chi connectivity index (χ1v) is 11.6. The van der Waals surface area contributed by atoms with E-state index in [1.54, 1.807) is 25.1 Å². The number of hydrogen-bond acceptors (Lipinski definition) is 4. The lowest BCUT2D eigenvalue weighted by Gasteiger charge is -2.15. The van der Waals surface area contributed by atoms with Crippen molar-refractivity contribution in [2.45, 2.75) is 35.1 Å². The quantitative estimate of drug-likeness (QED) is 0.667. The molecule has 3 aromatic rings. The molecule has 0 unspecified atom stereocenters. The van der Waals surface area contributed by atoms with E-state index in [1.807, 2.05) is 30.3 Å². The lowest BCUT2D eigenvalue weighted by Crippen LogP contribution is -2.24. The second-order valence-corrected chi connectivity index (χ2v) is 10.2. The van der Waals surface area contributed by atoms with Crippen LogP contribution in [0.5, 0.6) is 0 Å². The Hall–Kier alpha value is -2.48. The Morgan fingerprint density at radius 2 is 1.29 bits per heavy atom. The number of hydrogen-bond donors (Lipinski definition) is 1. The van der Waals surface area contributed by atoms with Gasteiger partial charge in [-0.3, -0.25) is 0 Å². The van der Waals surface area contributed by atoms with Crippen molar-refractivity contribution in [3.05, 3.63) is 89.5 Å². The van der Waals surface area contributed by atoms with Gasteiger partial charge in [-0.25, -0.2) is 21.6 Å². The maximum absolute atomic E-state index is 13.1. The smallest absolute Gasteiger partial charge is 0.219 e. The van der Waals surface area contributed by atoms with Crippen molar-refractivity contribution in [1.82, 2.24) is 4.72 Å². The molecule has 0 aliphatic carbocycles. The van der Waals surface area contributed by atoms with Gasteiger partial charge < -0.3 is 0 Å². The van der Waals surface area contributed by atoms with Gasteiger partial charge in [0.05, 0.1) is 14.7 Å². The van der Waals surface area contributed by atoms with Crippen LogP contribution in [-0.2, 0) is 26.4 Å². The predicted octanol–water partition coefficient (Wildman–Crippen LogP) is 3.61. The van der Waals surface area contributed by atoms with Gasteiger partial charge in [-0.05, 0) is 54.8 Å². The zero-order valence-electron chi connectivity index (χ0n) is 15.6. The average molecular weight is 416 g/mol. The lowest BCUT2D eigenvalue weighted by atomic mass is 10.2. The van der Waals surface area contributed by atoms with Gasteiger partial charge in [-0.15, -0.1) is 0 Å². The molecule has 7 heteroatoms. The zero-order valence-corrected chi connectivity index (χ0v) is 17.2. The molecule has 0 saturated heterocycles. The number of rotatable bonds is 6. The topological polar surface area (TPSA) is 80.3 Å². The summed E-state index contributed by atoms with van der Waals surface area (Å²) < 4.78 is 54.4. The summed E-state index contributed by atoms with van der Waals surface area (Å²) in [5, 5.41) is 0. The first kappa shape index (κ1) is 20.3. The minimum atomic E-state index is -3.89. The van der Waals surface area contributed by atoms with E-state index in [0.717, 1.165) is 5.56 Å². The van der Waals surface area contributed by atoms with Gasteiger partial charge >= 0.3 is 0 Å². The van der Waals surface area contributed by atoms with Crippen molar-refractivity contribution in [3.63, 3.8) is 0 Å². The van der Waals surface area contributed by atoms with Gasteiger partial charge in [-0.2, -0.15) is 0 Å². The van der Waals surface area contributed by atoms with E-state index in [-0.39, 0.29) is 26.8 Å². The summed E-state index contributed by atoms with van der Waals surface area (Å²) >= 11 is 0. The highest BCUT2D eigenvalue weighted by Crippen LogP contribution is 2.29. The molecule has 0 heterocycles. The van der Waals surface area contributed by atoms with E-state index in [1.165, 1.54) is 31.2 Å². The minimum absolute atomic E-state index is 0.00112. The third kappa shape index (κ3) is 4.16. The van der Waals surface area contributed by atoms with Crippen LogP contribution in [0.1, 0.15) is 16.7 Å². The third-order valence-electron chi connectivity index (χ3n) is 4.40. The summed E-state index contributed by atoms with van der Waals surface area (Å²) in [7, 11) is -7.73. The summed E-state index contributed by atoms with van der Waals surface area (Å²) in [4.78, 5) is 0.0982. The van der Waals surface area contributed by atoms with Gasteiger partial charge in [0, 0.05) is 6.54 Å². The first-order chi connectivity index (χ1) is 13.2. The Labute approximate surface area is 166 Å². The van der Waals surface area contributed by atoms with Crippen LogP contribution in [0.4, 0.5) is 0 Å². The van der Waals surface area contributed by atoms with E-state index < -0.39 is 19.9 Å². The van der Waals surface area contributed by atoms with Crippen molar-refractivity contribution in [3.8, 4) is 0 Å². The van der Waals surface area contributed by atoms with Gasteiger partial charge in [0.15, 0.2) is 0 Å². The molecule has 5 nitrogen and oxygen atoms in total. The molecule has 0 spiro atoms. The molecular formula is C21H21NO4S2. The SMILES string of the molecule is Cc1cc(S(=O)(=O)NCc2ccccc2)c(C)c(S(=O)(=O)c2ccccc2)c1. The van der Waals surface area contributed by atoms with E-state index in [9.17, 15) is 16.8 Å². The normalized spacial score (nSPS) is 12.1. The minimum Gasteiger partial charge on any atom is -0.219 e. The first-order valence-electron chi connectivity index (χ1n) is 8.67. The Balaban J connectivity index is 2.04. The van der Waals surface area contributed by atoms with E-state index >= 15 is 0 Å². The van der Waals surface area contributed by atoms with Crippen molar-refractivity contribution in [2.24, 2.45) is 0 Å². The molecule has 0 aromatic heterocycles. The number of sulfone groups is 1. The van der Waals surface area contributed by atoms with E-state index in [0.29, 0.717) is 5.56 Å². The summed E-state index contributed by atoms with van der Waals surface area (Å²) in [6.07, 6.45) is 0. The molecule has 0 bridgehead atoms. The molecule has 3 aromatic carbocycles. The van der Waals surface area contributed by atoms with Crippen LogP contribution >= 0.6 is 0 Å². The van der Waals surface area contributed by atoms with Gasteiger partial charge in [0.25, 0.3) is 0 Å². The summed E-state index contributed by atoms with van der Waals surface area (Å²) in [6.45, 7) is 3.32. The van der Waals surface area contributed by atoms with Gasteiger partial charge in [0.1, 0.15) is 0 Å².